The molecule has 0 spiro atoms. The molecule has 3 N–H and O–H groups in total. The number of carbonyl (C=O) groups excluding carboxylic acids is 1. The topological polar surface area (TPSA) is 102 Å². The van der Waals surface area contributed by atoms with Gasteiger partial charge in [-0.2, -0.15) is 5.10 Å². The zero-order chi connectivity index (χ0) is 25.7. The summed E-state index contributed by atoms with van der Waals surface area (Å²) in [6, 6.07) is 10.7. The molecule has 12 heteroatoms. The van der Waals surface area contributed by atoms with Crippen LogP contribution in [0.1, 0.15) is 19.3 Å². The highest BCUT2D eigenvalue weighted by molar-refractivity contribution is 6.33. The molecule has 2 aliphatic heterocycles. The van der Waals surface area contributed by atoms with Crippen molar-refractivity contribution in [2.75, 3.05) is 18.4 Å². The number of piperidine rings is 1. The van der Waals surface area contributed by atoms with Crippen molar-refractivity contribution in [2.24, 2.45) is 5.10 Å². The summed E-state index contributed by atoms with van der Waals surface area (Å²) in [5, 5.41) is 14.2. The average molecular weight is 524 g/mol. The summed E-state index contributed by atoms with van der Waals surface area (Å²) in [5.74, 6) is -0.429. The summed E-state index contributed by atoms with van der Waals surface area (Å²) in [6.07, 6.45) is -0.358. The van der Waals surface area contributed by atoms with Crippen molar-refractivity contribution < 1.29 is 27.4 Å². The van der Waals surface area contributed by atoms with Gasteiger partial charge < -0.3 is 30.5 Å². The zero-order valence-corrected chi connectivity index (χ0v) is 19.9. The minimum atomic E-state index is -4.82. The Labute approximate surface area is 210 Å². The van der Waals surface area contributed by atoms with Gasteiger partial charge >= 0.3 is 6.36 Å². The smallest absolute Gasteiger partial charge is 0.405 e. The summed E-state index contributed by atoms with van der Waals surface area (Å²) < 4.78 is 48.4. The molecule has 0 bridgehead atoms. The second-order valence-electron chi connectivity index (χ2n) is 8.33. The largest absolute Gasteiger partial charge is 0.573 e. The van der Waals surface area contributed by atoms with Gasteiger partial charge in [0.2, 0.25) is 5.91 Å². The Hall–Kier alpha value is -3.31. The van der Waals surface area contributed by atoms with Crippen molar-refractivity contribution in [3.05, 3.63) is 47.5 Å². The summed E-state index contributed by atoms with van der Waals surface area (Å²) in [6.45, 7) is 0.661. The maximum atomic E-state index is 12.8. The number of para-hydroxylation sites is 1. The number of carbonyl (C=O) groups is 1. The predicted octanol–water partition coefficient (Wildman–Crippen LogP) is 4.65. The van der Waals surface area contributed by atoms with Crippen LogP contribution in [0, 0.1) is 5.41 Å². The number of rotatable bonds is 9. The van der Waals surface area contributed by atoms with Gasteiger partial charge in [-0.1, -0.05) is 35.9 Å². The second-order valence-corrected chi connectivity index (χ2v) is 8.74. The van der Waals surface area contributed by atoms with E-state index in [2.05, 4.69) is 20.6 Å². The van der Waals surface area contributed by atoms with Crippen molar-refractivity contribution in [1.82, 2.24) is 10.3 Å². The van der Waals surface area contributed by atoms with Gasteiger partial charge in [-0.05, 0) is 37.5 Å². The number of alkyl halides is 3. The van der Waals surface area contributed by atoms with Crippen LogP contribution in [0.4, 0.5) is 18.9 Å². The van der Waals surface area contributed by atoms with E-state index in [1.165, 1.54) is 24.4 Å². The van der Waals surface area contributed by atoms with E-state index in [9.17, 15) is 18.0 Å². The molecule has 0 saturated carbocycles. The van der Waals surface area contributed by atoms with Gasteiger partial charge in [-0.3, -0.25) is 4.79 Å². The normalized spacial score (nSPS) is 21.8. The molecule has 8 nitrogen and oxygen atoms in total. The number of ether oxygens (including phenoxy) is 2. The monoisotopic (exact) mass is 523 g/mol. The molecule has 2 aromatic carbocycles. The number of hydrazone groups is 1. The maximum Gasteiger partial charge on any atom is 0.573 e. The molecule has 36 heavy (non-hydrogen) atoms. The Morgan fingerprint density at radius 2 is 2.06 bits per heavy atom. The lowest BCUT2D eigenvalue weighted by molar-refractivity contribution is -0.274. The minimum Gasteiger partial charge on any atom is -0.405 e. The quantitative estimate of drug-likeness (QED) is 0.252. The standard InChI is InChI=1S/C24H25ClF3N5O3/c25-18-13-15(8-9-16(18)17-5-1-2-7-20(17)36-24(26,27)28)32-23-22(35-23)19-6-3-4-12-33(19)21(34)14-31-30-11-10-29/h1-2,5,7-11,13,19,22-23,29,31-32H,3-4,6,12,14H2/b29-10?,30-11-/t19-,22+,23?/m1/s1. The molecule has 0 aromatic heterocycles. The molecule has 0 radical (unpaired) electrons. The Morgan fingerprint density at radius 1 is 1.25 bits per heavy atom. The number of hydrogen-bond donors (Lipinski definition) is 3. The van der Waals surface area contributed by atoms with Gasteiger partial charge in [0, 0.05) is 29.6 Å². The number of benzene rings is 2. The van der Waals surface area contributed by atoms with Gasteiger partial charge in [-0.25, -0.2) is 0 Å². The molecular weight excluding hydrogens is 499 g/mol. The van der Waals surface area contributed by atoms with Crippen molar-refractivity contribution in [1.29, 1.82) is 5.41 Å². The molecule has 2 heterocycles. The number of anilines is 1. The Morgan fingerprint density at radius 3 is 2.81 bits per heavy atom. The molecule has 2 aliphatic rings. The van der Waals surface area contributed by atoms with Crippen LogP contribution in [-0.4, -0.2) is 61.1 Å². The number of hydrogen-bond acceptors (Lipinski definition) is 7. The van der Waals surface area contributed by atoms with Crippen LogP contribution in [0.3, 0.4) is 0 Å². The van der Waals surface area contributed by atoms with Crippen molar-refractivity contribution in [2.45, 2.75) is 44.0 Å². The molecule has 2 fully saturated rings. The molecule has 1 amide bonds. The molecular formula is C24H25ClF3N5O3. The number of likely N-dealkylation sites (tertiary alicyclic amines) is 1. The van der Waals surface area contributed by atoms with E-state index in [1.807, 2.05) is 0 Å². The summed E-state index contributed by atoms with van der Waals surface area (Å²) >= 11 is 6.43. The number of epoxide rings is 1. The van der Waals surface area contributed by atoms with Crippen molar-refractivity contribution >= 4 is 35.6 Å². The molecule has 0 aliphatic carbocycles. The fourth-order valence-electron chi connectivity index (χ4n) is 4.34. The fourth-order valence-corrected chi connectivity index (χ4v) is 4.62. The highest BCUT2D eigenvalue weighted by atomic mass is 35.5. The Balaban J connectivity index is 1.40. The van der Waals surface area contributed by atoms with Crippen LogP contribution in [0.25, 0.3) is 11.1 Å². The third-order valence-corrected chi connectivity index (χ3v) is 6.24. The minimum absolute atomic E-state index is 0.0300. The third kappa shape index (κ3) is 6.46. The Bertz CT molecular complexity index is 1130. The van der Waals surface area contributed by atoms with Crippen molar-refractivity contribution in [3.63, 3.8) is 0 Å². The SMILES string of the molecule is N=C/C=N\NCC(=O)N1CCCC[C@@H]1[C@@H]1OC1Nc1ccc(-c2ccccc2OC(F)(F)F)c(Cl)c1. The summed E-state index contributed by atoms with van der Waals surface area (Å²) in [7, 11) is 0. The van der Waals surface area contributed by atoms with E-state index in [0.29, 0.717) is 17.8 Å². The van der Waals surface area contributed by atoms with E-state index in [0.717, 1.165) is 25.5 Å². The number of nitrogens with zero attached hydrogens (tertiary/aromatic N) is 2. The van der Waals surface area contributed by atoms with Crippen LogP contribution in [0.15, 0.2) is 47.6 Å². The number of halogens is 4. The van der Waals surface area contributed by atoms with Gasteiger partial charge in [-0.15, -0.1) is 13.2 Å². The first-order valence-electron chi connectivity index (χ1n) is 11.4. The summed E-state index contributed by atoms with van der Waals surface area (Å²) in [5.41, 5.74) is 3.91. The number of amides is 1. The van der Waals surface area contributed by atoms with E-state index < -0.39 is 6.36 Å². The van der Waals surface area contributed by atoms with Gasteiger partial charge in [0.1, 0.15) is 18.4 Å². The molecule has 2 aromatic rings. The van der Waals surface area contributed by atoms with Crippen LogP contribution in [-0.2, 0) is 9.53 Å². The summed E-state index contributed by atoms with van der Waals surface area (Å²) in [4.78, 5) is 14.5. The molecule has 1 unspecified atom stereocenters. The highest BCUT2D eigenvalue weighted by Crippen LogP contribution is 2.39. The average Bonchev–Trinajstić information content (AvgIpc) is 3.60. The van der Waals surface area contributed by atoms with E-state index in [-0.39, 0.29) is 47.2 Å². The lowest BCUT2D eigenvalue weighted by Gasteiger charge is -2.35. The van der Waals surface area contributed by atoms with Gasteiger partial charge in [0.05, 0.1) is 17.3 Å². The zero-order valence-electron chi connectivity index (χ0n) is 19.1. The van der Waals surface area contributed by atoms with Crippen LogP contribution in [0.5, 0.6) is 5.75 Å². The Kier molecular flexibility index (Phi) is 8.00. The first-order valence-corrected chi connectivity index (χ1v) is 11.8. The van der Waals surface area contributed by atoms with E-state index in [1.54, 1.807) is 29.2 Å². The highest BCUT2D eigenvalue weighted by Gasteiger charge is 2.49. The van der Waals surface area contributed by atoms with Gasteiger partial charge in [0.15, 0.2) is 6.23 Å². The first kappa shape index (κ1) is 25.8. The van der Waals surface area contributed by atoms with E-state index in [4.69, 9.17) is 21.7 Å². The fraction of sp³-hybridized carbons (Fsp3) is 0.375. The number of nitrogens with one attached hydrogen (secondary N) is 3. The lowest BCUT2D eigenvalue weighted by atomic mass is 9.98. The van der Waals surface area contributed by atoms with Gasteiger partial charge in [0.25, 0.3) is 0 Å². The van der Waals surface area contributed by atoms with Crippen LogP contribution in [0.2, 0.25) is 5.02 Å². The van der Waals surface area contributed by atoms with Crippen LogP contribution < -0.4 is 15.5 Å². The third-order valence-electron chi connectivity index (χ3n) is 5.93. The second kappa shape index (κ2) is 11.2. The van der Waals surface area contributed by atoms with Crippen LogP contribution >= 0.6 is 11.6 Å². The maximum absolute atomic E-state index is 12.8. The predicted molar refractivity (Wildman–Crippen MR) is 130 cm³/mol. The molecule has 3 atom stereocenters. The lowest BCUT2D eigenvalue weighted by Crippen LogP contribution is -2.49. The first-order chi connectivity index (χ1) is 17.3. The molecule has 192 valence electrons. The van der Waals surface area contributed by atoms with Crippen molar-refractivity contribution in [3.8, 4) is 16.9 Å². The molecule has 4 rings (SSSR count). The molecule has 2 saturated heterocycles. The van der Waals surface area contributed by atoms with E-state index >= 15 is 0 Å².